The highest BCUT2D eigenvalue weighted by atomic mass is 32.2. The molecule has 1 aliphatic rings. The minimum absolute atomic E-state index is 0.00235. The summed E-state index contributed by atoms with van der Waals surface area (Å²) in [5, 5.41) is 2.28. The van der Waals surface area contributed by atoms with E-state index in [0.29, 0.717) is 13.0 Å². The zero-order chi connectivity index (χ0) is 24.5. The molecule has 0 saturated heterocycles. The molecule has 178 valence electrons. The number of benzene rings is 2. The maximum atomic E-state index is 13.3. The Kier molecular flexibility index (Phi) is 6.13. The number of rotatable bonds is 4. The average molecular weight is 493 g/mol. The first-order chi connectivity index (χ1) is 16.0. The van der Waals surface area contributed by atoms with Crippen LogP contribution in [0, 0.1) is 0 Å². The molecule has 13 heteroatoms. The van der Waals surface area contributed by atoms with E-state index in [-0.39, 0.29) is 17.2 Å². The van der Waals surface area contributed by atoms with E-state index in [1.807, 2.05) is 24.3 Å². The highest BCUT2D eigenvalue weighted by molar-refractivity contribution is 7.90. The van der Waals surface area contributed by atoms with Crippen molar-refractivity contribution in [3.63, 3.8) is 0 Å². The zero-order valence-corrected chi connectivity index (χ0v) is 18.5. The van der Waals surface area contributed by atoms with Crippen LogP contribution in [0.1, 0.15) is 17.0 Å². The Balaban J connectivity index is 1.55. The number of alkyl halides is 3. The zero-order valence-electron chi connectivity index (χ0n) is 17.7. The maximum Gasteiger partial charge on any atom is 0.451 e. The van der Waals surface area contributed by atoms with Crippen molar-refractivity contribution in [2.75, 3.05) is 18.1 Å². The fourth-order valence-electron chi connectivity index (χ4n) is 3.29. The predicted octanol–water partition coefficient (Wildman–Crippen LogP) is 3.68. The van der Waals surface area contributed by atoms with E-state index in [0.717, 1.165) is 17.4 Å². The van der Waals surface area contributed by atoms with Crippen LogP contribution in [0.3, 0.4) is 0 Å². The summed E-state index contributed by atoms with van der Waals surface area (Å²) in [5.41, 5.74) is 2.04. The van der Waals surface area contributed by atoms with Gasteiger partial charge in [-0.05, 0) is 41.8 Å². The highest BCUT2D eigenvalue weighted by Crippen LogP contribution is 2.29. The molecule has 4 rings (SSSR count). The number of nitrogens with zero attached hydrogens (tertiary/aromatic N) is 4. The molecule has 2 aromatic carbocycles. The molecule has 1 aliphatic heterocycles. The Morgan fingerprint density at radius 1 is 1.03 bits per heavy atom. The summed E-state index contributed by atoms with van der Waals surface area (Å²) in [6.45, 7) is 0.658. The second-order valence-corrected chi connectivity index (χ2v) is 9.49. The Bertz CT molecular complexity index is 1330. The van der Waals surface area contributed by atoms with Gasteiger partial charge in [-0.1, -0.05) is 24.3 Å². The molecule has 0 spiro atoms. The second kappa shape index (κ2) is 8.89. The molecule has 1 aromatic heterocycles. The predicted molar refractivity (Wildman–Crippen MR) is 114 cm³/mol. The molecule has 2 heterocycles. The van der Waals surface area contributed by atoms with Crippen molar-refractivity contribution < 1.29 is 31.1 Å². The van der Waals surface area contributed by atoms with E-state index in [9.17, 15) is 26.4 Å². The van der Waals surface area contributed by atoms with Crippen molar-refractivity contribution in [2.24, 2.45) is 0 Å². The van der Waals surface area contributed by atoms with Gasteiger partial charge in [0.25, 0.3) is 0 Å². The molecular weight excluding hydrogens is 475 g/mol. The topological polar surface area (TPSA) is 114 Å². The van der Waals surface area contributed by atoms with Crippen LogP contribution in [0.25, 0.3) is 0 Å². The number of fused-ring (bicyclic) bond motifs is 1. The number of halogens is 3. The highest BCUT2D eigenvalue weighted by Gasteiger charge is 2.36. The van der Waals surface area contributed by atoms with Gasteiger partial charge < -0.3 is 9.64 Å². The first-order valence-electron chi connectivity index (χ1n) is 9.93. The average Bonchev–Trinajstić information content (AvgIpc) is 2.78. The van der Waals surface area contributed by atoms with Gasteiger partial charge in [-0.3, -0.25) is 5.32 Å². The Morgan fingerprint density at radius 2 is 1.71 bits per heavy atom. The molecular formula is C21H18F3N5O4S. The van der Waals surface area contributed by atoms with E-state index < -0.39 is 39.8 Å². The Morgan fingerprint density at radius 3 is 2.35 bits per heavy atom. The molecule has 1 N–H and O–H groups in total. The van der Waals surface area contributed by atoms with Gasteiger partial charge in [-0.2, -0.15) is 28.1 Å². The maximum absolute atomic E-state index is 13.3. The lowest BCUT2D eigenvalue weighted by Gasteiger charge is -2.28. The molecule has 0 unspecified atom stereocenters. The van der Waals surface area contributed by atoms with E-state index in [1.54, 1.807) is 0 Å². The molecule has 0 fully saturated rings. The third-order valence-corrected chi connectivity index (χ3v) is 6.09. The summed E-state index contributed by atoms with van der Waals surface area (Å²) in [5.74, 6) is -2.19. The van der Waals surface area contributed by atoms with Crippen molar-refractivity contribution >= 4 is 21.8 Å². The number of carbonyl (C=O) groups excluding carboxylic acids is 1. The van der Waals surface area contributed by atoms with E-state index >= 15 is 0 Å². The first-order valence-corrected chi connectivity index (χ1v) is 11.8. The largest absolute Gasteiger partial charge is 0.451 e. The summed E-state index contributed by atoms with van der Waals surface area (Å²) in [6.07, 6.45) is -3.31. The lowest BCUT2D eigenvalue weighted by Crippen LogP contribution is -2.39. The van der Waals surface area contributed by atoms with Gasteiger partial charge in [0.1, 0.15) is 5.75 Å². The summed E-state index contributed by atoms with van der Waals surface area (Å²) in [4.78, 5) is 24.5. The van der Waals surface area contributed by atoms with Gasteiger partial charge in [0, 0.05) is 19.3 Å². The number of sulfone groups is 1. The van der Waals surface area contributed by atoms with E-state index in [2.05, 4.69) is 20.3 Å². The lowest BCUT2D eigenvalue weighted by molar-refractivity contribution is -0.145. The summed E-state index contributed by atoms with van der Waals surface area (Å²) >= 11 is 0. The summed E-state index contributed by atoms with van der Waals surface area (Å²) < 4.78 is 68.4. The standard InChI is InChI=1S/C21H18F3N5O4S/c1-34(31,32)16-8-6-15(7-9-16)33-19-26-17(21(22,23)24)25-18(27-19)28-20(30)29-11-10-13-4-2-3-5-14(13)12-29/h2-9H,10-12H2,1H3,(H,25,26,27,28,30). The van der Waals surface area contributed by atoms with Crippen LogP contribution >= 0.6 is 0 Å². The number of carbonyl (C=O) groups is 1. The number of aromatic nitrogens is 3. The van der Waals surface area contributed by atoms with Crippen LogP contribution in [-0.2, 0) is 29.0 Å². The fraction of sp³-hybridized carbons (Fsp3) is 0.238. The third kappa shape index (κ3) is 5.42. The van der Waals surface area contributed by atoms with Crippen LogP contribution in [0.5, 0.6) is 11.8 Å². The van der Waals surface area contributed by atoms with Gasteiger partial charge in [0.05, 0.1) is 4.90 Å². The molecule has 2 amide bonds. The normalized spacial score (nSPS) is 13.8. The monoisotopic (exact) mass is 493 g/mol. The summed E-state index contributed by atoms with van der Waals surface area (Å²) in [6, 6.07) is 11.1. The molecule has 0 saturated carbocycles. The van der Waals surface area contributed by atoms with Crippen LogP contribution in [0.4, 0.5) is 23.9 Å². The number of nitrogens with one attached hydrogen (secondary N) is 1. The number of urea groups is 1. The SMILES string of the molecule is CS(=O)(=O)c1ccc(Oc2nc(NC(=O)N3CCc4ccccc4C3)nc(C(F)(F)F)n2)cc1. The Labute approximate surface area is 192 Å². The van der Waals surface area contributed by atoms with Gasteiger partial charge in [-0.25, -0.2) is 13.2 Å². The quantitative estimate of drug-likeness (QED) is 0.590. The molecule has 0 bridgehead atoms. The van der Waals surface area contributed by atoms with Crippen LogP contribution in [0.15, 0.2) is 53.4 Å². The van der Waals surface area contributed by atoms with Crippen molar-refractivity contribution in [1.82, 2.24) is 19.9 Å². The Hall–Kier alpha value is -3.74. The van der Waals surface area contributed by atoms with Gasteiger partial charge in [-0.15, -0.1) is 0 Å². The number of ether oxygens (including phenoxy) is 1. The van der Waals surface area contributed by atoms with E-state index in [1.165, 1.54) is 29.2 Å². The second-order valence-electron chi connectivity index (χ2n) is 7.48. The minimum atomic E-state index is -4.93. The molecule has 34 heavy (non-hydrogen) atoms. The first kappa shape index (κ1) is 23.4. The molecule has 3 aromatic rings. The smallest absolute Gasteiger partial charge is 0.424 e. The van der Waals surface area contributed by atoms with Crippen molar-refractivity contribution in [3.05, 3.63) is 65.5 Å². The third-order valence-electron chi connectivity index (χ3n) is 4.97. The minimum Gasteiger partial charge on any atom is -0.424 e. The molecule has 0 aliphatic carbocycles. The number of anilines is 1. The number of amides is 2. The van der Waals surface area contributed by atoms with Crippen molar-refractivity contribution in [1.29, 1.82) is 0 Å². The molecule has 9 nitrogen and oxygen atoms in total. The summed E-state index contributed by atoms with van der Waals surface area (Å²) in [7, 11) is -3.47. The van der Waals surface area contributed by atoms with Crippen molar-refractivity contribution in [3.8, 4) is 11.8 Å². The van der Waals surface area contributed by atoms with Gasteiger partial charge in [0.15, 0.2) is 9.84 Å². The van der Waals surface area contributed by atoms with E-state index in [4.69, 9.17) is 4.74 Å². The molecule has 0 radical (unpaired) electrons. The van der Waals surface area contributed by atoms with Gasteiger partial charge >= 0.3 is 18.2 Å². The van der Waals surface area contributed by atoms with Crippen molar-refractivity contribution in [2.45, 2.75) is 24.0 Å². The number of hydrogen-bond donors (Lipinski definition) is 1. The van der Waals surface area contributed by atoms with Gasteiger partial charge in [0.2, 0.25) is 11.8 Å². The van der Waals surface area contributed by atoms with Crippen LogP contribution in [0.2, 0.25) is 0 Å². The number of hydrogen-bond acceptors (Lipinski definition) is 7. The molecule has 0 atom stereocenters. The van der Waals surface area contributed by atoms with Crippen LogP contribution < -0.4 is 10.1 Å². The lowest BCUT2D eigenvalue weighted by atomic mass is 10.0. The fourth-order valence-corrected chi connectivity index (χ4v) is 3.92. The van der Waals surface area contributed by atoms with Crippen LogP contribution in [-0.4, -0.2) is 47.1 Å².